The fourth-order valence-electron chi connectivity index (χ4n) is 1.15. The largest absolute Gasteiger partial charge is 0.492 e. The number of halogens is 1. The Morgan fingerprint density at radius 2 is 2.27 bits per heavy atom. The van der Waals surface area contributed by atoms with Gasteiger partial charge in [0.1, 0.15) is 5.75 Å². The number of hydrogen-bond donors (Lipinski definition) is 1. The van der Waals surface area contributed by atoms with Gasteiger partial charge in [-0.3, -0.25) is 0 Å². The lowest BCUT2D eigenvalue weighted by molar-refractivity contribution is 0.281. The number of hydrogen-bond acceptors (Lipinski definition) is 3. The number of thioether (sulfide) groups is 1. The third-order valence-electron chi connectivity index (χ3n) is 1.93. The van der Waals surface area contributed by atoms with Crippen LogP contribution in [0.3, 0.4) is 0 Å². The van der Waals surface area contributed by atoms with Crippen LogP contribution >= 0.6 is 23.4 Å². The molecule has 0 fully saturated rings. The van der Waals surface area contributed by atoms with Gasteiger partial charge in [0.2, 0.25) is 0 Å². The van der Waals surface area contributed by atoms with Gasteiger partial charge in [0, 0.05) is 0 Å². The Kier molecular flexibility index (Phi) is 5.91. The summed E-state index contributed by atoms with van der Waals surface area (Å²) in [5.74, 6) is 1.78. The Morgan fingerprint density at radius 3 is 2.87 bits per heavy atom. The molecule has 4 heteroatoms. The van der Waals surface area contributed by atoms with Crippen molar-refractivity contribution in [2.24, 2.45) is 0 Å². The maximum Gasteiger partial charge on any atom is 0.137 e. The van der Waals surface area contributed by atoms with E-state index < -0.39 is 0 Å². The predicted molar refractivity (Wildman–Crippen MR) is 65.9 cm³/mol. The van der Waals surface area contributed by atoms with Crippen molar-refractivity contribution in [3.8, 4) is 5.75 Å². The van der Waals surface area contributed by atoms with Crippen molar-refractivity contribution in [3.05, 3.63) is 28.8 Å². The molecular formula is C11H15ClO2S. The number of aliphatic hydroxyl groups excluding tert-OH is 1. The topological polar surface area (TPSA) is 29.5 Å². The van der Waals surface area contributed by atoms with Crippen molar-refractivity contribution >= 4 is 23.4 Å². The quantitative estimate of drug-likeness (QED) is 0.783. The van der Waals surface area contributed by atoms with Gasteiger partial charge in [0.25, 0.3) is 0 Å². The molecule has 0 aliphatic heterocycles. The van der Waals surface area contributed by atoms with Crippen LogP contribution in [0.1, 0.15) is 12.0 Å². The van der Waals surface area contributed by atoms with Crippen LogP contribution in [0.25, 0.3) is 0 Å². The molecule has 1 aromatic carbocycles. The molecule has 0 atom stereocenters. The first-order valence-corrected chi connectivity index (χ1v) is 6.56. The fraction of sp³-hybridized carbons (Fsp3) is 0.455. The summed E-state index contributed by atoms with van der Waals surface area (Å²) in [7, 11) is 0. The highest BCUT2D eigenvalue weighted by Crippen LogP contribution is 2.25. The van der Waals surface area contributed by atoms with E-state index in [0.29, 0.717) is 17.4 Å². The molecule has 0 spiro atoms. The minimum Gasteiger partial charge on any atom is -0.492 e. The molecule has 1 aromatic rings. The molecule has 0 aliphatic rings. The van der Waals surface area contributed by atoms with Crippen molar-refractivity contribution in [2.75, 3.05) is 18.6 Å². The van der Waals surface area contributed by atoms with Gasteiger partial charge in [-0.2, -0.15) is 11.8 Å². The molecule has 0 aliphatic carbocycles. The highest BCUT2D eigenvalue weighted by atomic mass is 35.5. The van der Waals surface area contributed by atoms with Crippen molar-refractivity contribution in [1.29, 1.82) is 0 Å². The molecule has 1 N–H and O–H groups in total. The van der Waals surface area contributed by atoms with Crippen molar-refractivity contribution in [2.45, 2.75) is 13.0 Å². The van der Waals surface area contributed by atoms with E-state index in [1.807, 2.05) is 6.07 Å². The molecule has 0 saturated heterocycles. The van der Waals surface area contributed by atoms with Crippen LogP contribution in [0.2, 0.25) is 5.02 Å². The van der Waals surface area contributed by atoms with Gasteiger partial charge in [-0.05, 0) is 36.1 Å². The van der Waals surface area contributed by atoms with Gasteiger partial charge < -0.3 is 9.84 Å². The van der Waals surface area contributed by atoms with E-state index in [-0.39, 0.29) is 6.61 Å². The number of benzene rings is 1. The number of ether oxygens (including phenoxy) is 1. The summed E-state index contributed by atoms with van der Waals surface area (Å²) in [6, 6.07) is 5.34. The van der Waals surface area contributed by atoms with E-state index in [1.54, 1.807) is 23.9 Å². The Balaban J connectivity index is 2.47. The fourth-order valence-corrected chi connectivity index (χ4v) is 1.81. The van der Waals surface area contributed by atoms with E-state index >= 15 is 0 Å². The lowest BCUT2D eigenvalue weighted by atomic mass is 10.2. The van der Waals surface area contributed by atoms with E-state index in [0.717, 1.165) is 17.7 Å². The average molecular weight is 247 g/mol. The van der Waals surface area contributed by atoms with Crippen LogP contribution in [-0.2, 0) is 6.61 Å². The maximum absolute atomic E-state index is 8.90. The Hall–Kier alpha value is -0.380. The minimum absolute atomic E-state index is 0.00642. The first kappa shape index (κ1) is 12.7. The Bertz CT molecular complexity index is 305. The molecule has 1 rings (SSSR count). The van der Waals surface area contributed by atoms with E-state index in [2.05, 4.69) is 6.26 Å². The van der Waals surface area contributed by atoms with Crippen LogP contribution in [0, 0.1) is 0 Å². The standard InChI is InChI=1S/C11H15ClO2S/c1-15-6-2-5-14-11-4-3-9(8-13)7-10(11)12/h3-4,7,13H,2,5-6,8H2,1H3. The van der Waals surface area contributed by atoms with E-state index in [9.17, 15) is 0 Å². The SMILES string of the molecule is CSCCCOc1ccc(CO)cc1Cl. The summed E-state index contributed by atoms with van der Waals surface area (Å²) >= 11 is 7.78. The van der Waals surface area contributed by atoms with Crippen LogP contribution in [0.15, 0.2) is 18.2 Å². The first-order chi connectivity index (χ1) is 7.27. The lowest BCUT2D eigenvalue weighted by Gasteiger charge is -2.08. The molecule has 2 nitrogen and oxygen atoms in total. The Morgan fingerprint density at radius 1 is 1.47 bits per heavy atom. The average Bonchev–Trinajstić information content (AvgIpc) is 2.26. The zero-order chi connectivity index (χ0) is 11.1. The van der Waals surface area contributed by atoms with Gasteiger partial charge >= 0.3 is 0 Å². The highest BCUT2D eigenvalue weighted by molar-refractivity contribution is 7.98. The molecule has 0 saturated carbocycles. The smallest absolute Gasteiger partial charge is 0.137 e. The molecule has 84 valence electrons. The second-order valence-corrected chi connectivity index (χ2v) is 4.51. The van der Waals surface area contributed by atoms with Gasteiger partial charge in [0.15, 0.2) is 0 Å². The molecule has 0 bridgehead atoms. The second kappa shape index (κ2) is 6.99. The summed E-state index contributed by atoms with van der Waals surface area (Å²) in [5.41, 5.74) is 0.802. The van der Waals surface area contributed by atoms with Gasteiger partial charge in [0.05, 0.1) is 18.2 Å². The summed E-state index contributed by atoms with van der Waals surface area (Å²) in [6.45, 7) is 0.686. The number of aliphatic hydroxyl groups is 1. The number of rotatable bonds is 6. The lowest BCUT2D eigenvalue weighted by Crippen LogP contribution is -1.99. The van der Waals surface area contributed by atoms with Gasteiger partial charge in [-0.1, -0.05) is 17.7 Å². The first-order valence-electron chi connectivity index (χ1n) is 4.79. The summed E-state index contributed by atoms with van der Waals surface area (Å²) in [5, 5.41) is 9.46. The van der Waals surface area contributed by atoms with Crippen molar-refractivity contribution < 1.29 is 9.84 Å². The highest BCUT2D eigenvalue weighted by Gasteiger charge is 2.02. The molecule has 0 heterocycles. The zero-order valence-corrected chi connectivity index (χ0v) is 10.3. The van der Waals surface area contributed by atoms with Crippen LogP contribution in [-0.4, -0.2) is 23.7 Å². The molecule has 0 amide bonds. The maximum atomic E-state index is 8.90. The summed E-state index contributed by atoms with van der Waals surface area (Å²) < 4.78 is 5.51. The van der Waals surface area contributed by atoms with E-state index in [1.165, 1.54) is 0 Å². The van der Waals surface area contributed by atoms with Crippen LogP contribution in [0.5, 0.6) is 5.75 Å². The zero-order valence-electron chi connectivity index (χ0n) is 8.70. The van der Waals surface area contributed by atoms with E-state index in [4.69, 9.17) is 21.4 Å². The van der Waals surface area contributed by atoms with Crippen LogP contribution in [0.4, 0.5) is 0 Å². The third-order valence-corrected chi connectivity index (χ3v) is 2.92. The summed E-state index contributed by atoms with van der Waals surface area (Å²) in [4.78, 5) is 0. The molecule has 0 aromatic heterocycles. The molecule has 0 radical (unpaired) electrons. The van der Waals surface area contributed by atoms with Gasteiger partial charge in [-0.15, -0.1) is 0 Å². The van der Waals surface area contributed by atoms with Crippen molar-refractivity contribution in [1.82, 2.24) is 0 Å². The summed E-state index contributed by atoms with van der Waals surface area (Å²) in [6.07, 6.45) is 3.09. The third kappa shape index (κ3) is 4.33. The minimum atomic E-state index is 0.00642. The second-order valence-electron chi connectivity index (χ2n) is 3.12. The normalized spacial score (nSPS) is 10.3. The predicted octanol–water partition coefficient (Wildman–Crippen LogP) is 2.96. The monoisotopic (exact) mass is 246 g/mol. The molecular weight excluding hydrogens is 232 g/mol. The molecule has 15 heavy (non-hydrogen) atoms. The van der Waals surface area contributed by atoms with Crippen LogP contribution < -0.4 is 4.74 Å². The van der Waals surface area contributed by atoms with Crippen molar-refractivity contribution in [3.63, 3.8) is 0 Å². The van der Waals surface area contributed by atoms with Gasteiger partial charge in [-0.25, -0.2) is 0 Å². The Labute approximate surface area is 99.6 Å². The molecule has 0 unspecified atom stereocenters.